The van der Waals surface area contributed by atoms with Gasteiger partial charge in [-0.2, -0.15) is 0 Å². The zero-order valence-corrected chi connectivity index (χ0v) is 16.8. The fourth-order valence-corrected chi connectivity index (χ4v) is 3.72. The summed E-state index contributed by atoms with van der Waals surface area (Å²) in [6.07, 6.45) is 6.29. The van der Waals surface area contributed by atoms with Gasteiger partial charge in [0.15, 0.2) is 0 Å². The second kappa shape index (κ2) is 9.64. The number of rotatable bonds is 10. The Hall–Kier alpha value is -2.75. The average molecular weight is 417 g/mol. The Balaban J connectivity index is 1.59. The van der Waals surface area contributed by atoms with Crippen LogP contribution < -0.4 is 14.8 Å². The smallest absolute Gasteiger partial charge is 0.248 e. The van der Waals surface area contributed by atoms with E-state index < -0.39 is 10.0 Å². The molecule has 3 rings (SSSR count). The predicted molar refractivity (Wildman–Crippen MR) is 109 cm³/mol. The molecule has 8 nitrogen and oxygen atoms in total. The van der Waals surface area contributed by atoms with Gasteiger partial charge in [-0.1, -0.05) is 12.1 Å². The highest BCUT2D eigenvalue weighted by Gasteiger charge is 2.27. The first kappa shape index (κ1) is 21.0. The maximum absolute atomic E-state index is 12.2. The van der Waals surface area contributed by atoms with Gasteiger partial charge < -0.3 is 14.8 Å². The van der Waals surface area contributed by atoms with Gasteiger partial charge in [-0.05, 0) is 48.7 Å². The van der Waals surface area contributed by atoms with Gasteiger partial charge >= 0.3 is 0 Å². The molecule has 0 unspecified atom stereocenters. The third-order valence-corrected chi connectivity index (χ3v) is 5.61. The standard InChI is InChI=1S/C20H23N3O5S/c1-27-13-14-28-20-18(3-2-12-21-20)22-19(24)11-6-15-4-9-17(10-5-15)29(25,26)23-16-7-8-16/h2-6,9-12,16,23H,7-8,13-14H2,1H3,(H,22,24)/b11-6+. The molecular formula is C20H23N3O5S. The summed E-state index contributed by atoms with van der Waals surface area (Å²) in [6, 6.07) is 9.77. The molecule has 0 radical (unpaired) electrons. The van der Waals surface area contributed by atoms with E-state index in [4.69, 9.17) is 9.47 Å². The summed E-state index contributed by atoms with van der Waals surface area (Å²) in [5.41, 5.74) is 1.15. The summed E-state index contributed by atoms with van der Waals surface area (Å²) in [4.78, 5) is 16.5. The van der Waals surface area contributed by atoms with Crippen molar-refractivity contribution in [2.45, 2.75) is 23.8 Å². The van der Waals surface area contributed by atoms with E-state index in [1.165, 1.54) is 18.2 Å². The van der Waals surface area contributed by atoms with Crippen molar-refractivity contribution in [1.82, 2.24) is 9.71 Å². The number of aromatic nitrogens is 1. The highest BCUT2D eigenvalue weighted by molar-refractivity contribution is 7.89. The highest BCUT2D eigenvalue weighted by atomic mass is 32.2. The van der Waals surface area contributed by atoms with Gasteiger partial charge in [0.25, 0.3) is 0 Å². The van der Waals surface area contributed by atoms with Crippen molar-refractivity contribution in [1.29, 1.82) is 0 Å². The van der Waals surface area contributed by atoms with Gasteiger partial charge in [0.05, 0.1) is 11.5 Å². The second-order valence-electron chi connectivity index (χ2n) is 6.48. The number of amides is 1. The van der Waals surface area contributed by atoms with E-state index in [1.807, 2.05) is 0 Å². The quantitative estimate of drug-likeness (QED) is 0.453. The maximum atomic E-state index is 12.2. The molecule has 1 aliphatic carbocycles. The number of nitrogens with zero attached hydrogens (tertiary/aromatic N) is 1. The molecule has 0 saturated heterocycles. The zero-order valence-electron chi connectivity index (χ0n) is 16.0. The molecule has 154 valence electrons. The Kier molecular flexibility index (Phi) is 6.97. The minimum Gasteiger partial charge on any atom is -0.474 e. The van der Waals surface area contributed by atoms with E-state index in [1.54, 1.807) is 43.6 Å². The number of hydrogen-bond acceptors (Lipinski definition) is 6. The minimum absolute atomic E-state index is 0.0547. The van der Waals surface area contributed by atoms with Crippen molar-refractivity contribution in [3.63, 3.8) is 0 Å². The molecule has 0 aliphatic heterocycles. The number of methoxy groups -OCH3 is 1. The number of carbonyl (C=O) groups is 1. The summed E-state index contributed by atoms with van der Waals surface area (Å²) < 4.78 is 37.4. The number of nitrogens with one attached hydrogen (secondary N) is 2. The van der Waals surface area contributed by atoms with Crippen LogP contribution in [0.25, 0.3) is 6.08 Å². The Morgan fingerprint density at radius 1 is 1.21 bits per heavy atom. The van der Waals surface area contributed by atoms with Crippen LogP contribution in [0.4, 0.5) is 5.69 Å². The molecule has 1 heterocycles. The monoisotopic (exact) mass is 417 g/mol. The SMILES string of the molecule is COCCOc1ncccc1NC(=O)/C=C/c1ccc(S(=O)(=O)NC2CC2)cc1. The summed E-state index contributed by atoms with van der Waals surface area (Å²) in [6.45, 7) is 0.725. The fraction of sp³-hybridized carbons (Fsp3) is 0.300. The van der Waals surface area contributed by atoms with Crippen molar-refractivity contribution in [3.8, 4) is 5.88 Å². The summed E-state index contributed by atoms with van der Waals surface area (Å²) in [5, 5.41) is 2.71. The first-order valence-electron chi connectivity index (χ1n) is 9.16. The Labute approximate surface area is 170 Å². The van der Waals surface area contributed by atoms with Crippen molar-refractivity contribution >= 4 is 27.7 Å². The molecule has 0 spiro atoms. The third kappa shape index (κ3) is 6.38. The first-order chi connectivity index (χ1) is 14.0. The number of sulfonamides is 1. The van der Waals surface area contributed by atoms with Gasteiger partial charge in [-0.25, -0.2) is 18.1 Å². The van der Waals surface area contributed by atoms with E-state index >= 15 is 0 Å². The van der Waals surface area contributed by atoms with Crippen molar-refractivity contribution in [3.05, 3.63) is 54.2 Å². The topological polar surface area (TPSA) is 107 Å². The molecule has 2 aromatic rings. The lowest BCUT2D eigenvalue weighted by molar-refractivity contribution is -0.111. The highest BCUT2D eigenvalue weighted by Crippen LogP contribution is 2.23. The number of ether oxygens (including phenoxy) is 2. The van der Waals surface area contributed by atoms with Crippen LogP contribution >= 0.6 is 0 Å². The minimum atomic E-state index is -3.48. The molecule has 1 aliphatic rings. The van der Waals surface area contributed by atoms with Gasteiger partial charge in [-0.3, -0.25) is 4.79 Å². The van der Waals surface area contributed by atoms with Crippen LogP contribution in [0.2, 0.25) is 0 Å². The van der Waals surface area contributed by atoms with Gasteiger partial charge in [0, 0.05) is 25.4 Å². The molecule has 1 amide bonds. The number of anilines is 1. The lowest BCUT2D eigenvalue weighted by atomic mass is 10.2. The van der Waals surface area contributed by atoms with Crippen LogP contribution in [0.5, 0.6) is 5.88 Å². The van der Waals surface area contributed by atoms with E-state index in [2.05, 4.69) is 15.0 Å². The zero-order chi connectivity index (χ0) is 20.7. The van der Waals surface area contributed by atoms with Crippen LogP contribution in [-0.2, 0) is 19.6 Å². The number of hydrogen-bond donors (Lipinski definition) is 2. The van der Waals surface area contributed by atoms with Gasteiger partial charge in [0.2, 0.25) is 21.8 Å². The lowest BCUT2D eigenvalue weighted by Gasteiger charge is -2.09. The largest absolute Gasteiger partial charge is 0.474 e. The van der Waals surface area contributed by atoms with Crippen molar-refractivity contribution < 1.29 is 22.7 Å². The third-order valence-electron chi connectivity index (χ3n) is 4.07. The van der Waals surface area contributed by atoms with Crippen LogP contribution in [0.1, 0.15) is 18.4 Å². The normalized spacial score (nSPS) is 14.1. The van der Waals surface area contributed by atoms with Gasteiger partial charge in [0.1, 0.15) is 12.3 Å². The molecule has 0 atom stereocenters. The van der Waals surface area contributed by atoms with Crippen molar-refractivity contribution in [2.24, 2.45) is 0 Å². The fourth-order valence-electron chi connectivity index (χ4n) is 2.42. The molecule has 1 fully saturated rings. The molecule has 2 N–H and O–H groups in total. The molecule has 1 aromatic heterocycles. The Morgan fingerprint density at radius 2 is 1.97 bits per heavy atom. The first-order valence-corrected chi connectivity index (χ1v) is 10.6. The number of pyridine rings is 1. The van der Waals surface area contributed by atoms with Gasteiger partial charge in [-0.15, -0.1) is 0 Å². The molecule has 1 saturated carbocycles. The van der Waals surface area contributed by atoms with E-state index in [9.17, 15) is 13.2 Å². The van der Waals surface area contributed by atoms with E-state index in [0.717, 1.165) is 12.8 Å². The number of carbonyl (C=O) groups excluding carboxylic acids is 1. The number of benzene rings is 1. The van der Waals surface area contributed by atoms with E-state index in [0.29, 0.717) is 30.3 Å². The van der Waals surface area contributed by atoms with Crippen LogP contribution in [-0.4, -0.2) is 45.7 Å². The second-order valence-corrected chi connectivity index (χ2v) is 8.20. The maximum Gasteiger partial charge on any atom is 0.248 e. The van der Waals surface area contributed by atoms with Crippen molar-refractivity contribution in [2.75, 3.05) is 25.6 Å². The summed E-state index contributed by atoms with van der Waals surface area (Å²) >= 11 is 0. The molecule has 0 bridgehead atoms. The Bertz CT molecular complexity index is 970. The molecule has 1 aromatic carbocycles. The van der Waals surface area contributed by atoms with Crippen LogP contribution in [0.3, 0.4) is 0 Å². The summed E-state index contributed by atoms with van der Waals surface area (Å²) in [7, 11) is -1.91. The average Bonchev–Trinajstić information content (AvgIpc) is 3.51. The molecule has 9 heteroatoms. The molecular weight excluding hydrogens is 394 g/mol. The molecule has 29 heavy (non-hydrogen) atoms. The summed E-state index contributed by atoms with van der Waals surface area (Å²) in [5.74, 6) is -0.0503. The predicted octanol–water partition coefficient (Wildman–Crippen LogP) is 2.20. The Morgan fingerprint density at radius 3 is 2.66 bits per heavy atom. The van der Waals surface area contributed by atoms with Crippen LogP contribution in [0.15, 0.2) is 53.6 Å². The van der Waals surface area contributed by atoms with Crippen LogP contribution in [0, 0.1) is 0 Å². The van der Waals surface area contributed by atoms with E-state index in [-0.39, 0.29) is 16.8 Å². The lowest BCUT2D eigenvalue weighted by Crippen LogP contribution is -2.25.